The predicted octanol–water partition coefficient (Wildman–Crippen LogP) is 1.78. The van der Waals surface area contributed by atoms with E-state index in [1.54, 1.807) is 0 Å². The van der Waals surface area contributed by atoms with E-state index < -0.39 is 0 Å². The van der Waals surface area contributed by atoms with Crippen molar-refractivity contribution in [1.29, 1.82) is 0 Å². The molecule has 112 valence electrons. The number of aliphatic hydroxyl groups is 1. The molecule has 1 unspecified atom stereocenters. The number of carbonyl (C=O) groups excluding carboxylic acids is 1. The lowest BCUT2D eigenvalue weighted by atomic mass is 9.94. The van der Waals surface area contributed by atoms with E-state index in [1.807, 2.05) is 4.90 Å². The summed E-state index contributed by atoms with van der Waals surface area (Å²) in [5.74, 6) is 0.865. The number of nitrogens with one attached hydrogen (secondary N) is 1. The Morgan fingerprint density at radius 2 is 2.16 bits per heavy atom. The van der Waals surface area contributed by atoms with Gasteiger partial charge in [0.1, 0.15) is 0 Å². The molecule has 1 aliphatic rings. The lowest BCUT2D eigenvalue weighted by Gasteiger charge is -2.31. The Morgan fingerprint density at radius 3 is 2.68 bits per heavy atom. The van der Waals surface area contributed by atoms with Gasteiger partial charge in [-0.2, -0.15) is 0 Å². The minimum absolute atomic E-state index is 0.0627. The van der Waals surface area contributed by atoms with E-state index in [2.05, 4.69) is 19.2 Å². The molecule has 1 rings (SSSR count). The SMILES string of the molecule is CCC(CC)N(CCO)C(=O)CCC1CCCNC1. The number of piperidine rings is 1. The van der Waals surface area contributed by atoms with Crippen LogP contribution in [-0.2, 0) is 4.79 Å². The molecule has 0 spiro atoms. The van der Waals surface area contributed by atoms with Crippen LogP contribution in [0.3, 0.4) is 0 Å². The molecule has 2 N–H and O–H groups in total. The van der Waals surface area contributed by atoms with E-state index in [-0.39, 0.29) is 18.6 Å². The average Bonchev–Trinajstić information content (AvgIpc) is 2.46. The first-order valence-electron chi connectivity index (χ1n) is 7.83. The molecule has 0 aromatic carbocycles. The van der Waals surface area contributed by atoms with Crippen molar-refractivity contribution in [2.75, 3.05) is 26.2 Å². The zero-order valence-corrected chi connectivity index (χ0v) is 12.5. The van der Waals surface area contributed by atoms with Crippen molar-refractivity contribution in [2.24, 2.45) is 5.92 Å². The van der Waals surface area contributed by atoms with Gasteiger partial charge in [0.15, 0.2) is 0 Å². The van der Waals surface area contributed by atoms with Crippen molar-refractivity contribution in [3.8, 4) is 0 Å². The van der Waals surface area contributed by atoms with Crippen molar-refractivity contribution in [1.82, 2.24) is 10.2 Å². The van der Waals surface area contributed by atoms with Crippen LogP contribution in [0.1, 0.15) is 52.4 Å². The number of hydrogen-bond donors (Lipinski definition) is 2. The van der Waals surface area contributed by atoms with Crippen molar-refractivity contribution in [2.45, 2.75) is 58.4 Å². The van der Waals surface area contributed by atoms with E-state index >= 15 is 0 Å². The van der Waals surface area contributed by atoms with Gasteiger partial charge in [0.05, 0.1) is 6.61 Å². The van der Waals surface area contributed by atoms with Gasteiger partial charge in [-0.3, -0.25) is 4.79 Å². The molecule has 0 radical (unpaired) electrons. The quantitative estimate of drug-likeness (QED) is 0.707. The Morgan fingerprint density at radius 1 is 1.42 bits per heavy atom. The van der Waals surface area contributed by atoms with Gasteiger partial charge in [-0.05, 0) is 51.1 Å². The lowest BCUT2D eigenvalue weighted by Crippen LogP contribution is -2.42. The molecular weight excluding hydrogens is 240 g/mol. The van der Waals surface area contributed by atoms with Crippen molar-refractivity contribution in [3.05, 3.63) is 0 Å². The molecule has 0 aromatic heterocycles. The van der Waals surface area contributed by atoms with E-state index in [0.717, 1.165) is 32.4 Å². The summed E-state index contributed by atoms with van der Waals surface area (Å²) < 4.78 is 0. The summed E-state index contributed by atoms with van der Waals surface area (Å²) in [5, 5.41) is 12.5. The molecule has 1 saturated heterocycles. The first kappa shape index (κ1) is 16.4. The van der Waals surface area contributed by atoms with Crippen LogP contribution in [0, 0.1) is 5.92 Å². The van der Waals surface area contributed by atoms with Crippen molar-refractivity contribution >= 4 is 5.91 Å². The van der Waals surface area contributed by atoms with Gasteiger partial charge in [-0.25, -0.2) is 0 Å². The minimum atomic E-state index is 0.0627. The molecule has 0 aromatic rings. The highest BCUT2D eigenvalue weighted by Gasteiger charge is 2.22. The van der Waals surface area contributed by atoms with Gasteiger partial charge >= 0.3 is 0 Å². The molecule has 1 heterocycles. The van der Waals surface area contributed by atoms with Gasteiger partial charge in [-0.1, -0.05) is 13.8 Å². The molecule has 1 atom stereocenters. The van der Waals surface area contributed by atoms with Gasteiger partial charge in [0, 0.05) is 19.0 Å². The summed E-state index contributed by atoms with van der Waals surface area (Å²) in [4.78, 5) is 14.2. The van der Waals surface area contributed by atoms with Gasteiger partial charge in [0.2, 0.25) is 5.91 Å². The first-order chi connectivity index (χ1) is 9.22. The maximum atomic E-state index is 12.3. The van der Waals surface area contributed by atoms with Crippen LogP contribution >= 0.6 is 0 Å². The zero-order chi connectivity index (χ0) is 14.1. The van der Waals surface area contributed by atoms with Crippen molar-refractivity contribution < 1.29 is 9.90 Å². The van der Waals surface area contributed by atoms with Crippen LogP contribution in [0.4, 0.5) is 0 Å². The summed E-state index contributed by atoms with van der Waals surface area (Å²) in [7, 11) is 0. The fourth-order valence-electron chi connectivity index (χ4n) is 2.99. The monoisotopic (exact) mass is 270 g/mol. The Hall–Kier alpha value is -0.610. The Balaban J connectivity index is 2.41. The molecule has 19 heavy (non-hydrogen) atoms. The maximum Gasteiger partial charge on any atom is 0.222 e. The molecule has 1 amide bonds. The Kier molecular flexibility index (Phi) is 8.07. The summed E-state index contributed by atoms with van der Waals surface area (Å²) in [6.45, 7) is 6.93. The van der Waals surface area contributed by atoms with Gasteiger partial charge in [0.25, 0.3) is 0 Å². The highest BCUT2D eigenvalue weighted by atomic mass is 16.3. The molecular formula is C15H30N2O2. The third-order valence-corrected chi connectivity index (χ3v) is 4.21. The fraction of sp³-hybridized carbons (Fsp3) is 0.933. The van der Waals surface area contributed by atoms with Crippen LogP contribution < -0.4 is 5.32 Å². The predicted molar refractivity (Wildman–Crippen MR) is 78.0 cm³/mol. The molecule has 1 fully saturated rings. The average molecular weight is 270 g/mol. The second-order valence-electron chi connectivity index (χ2n) is 5.53. The number of rotatable bonds is 8. The van der Waals surface area contributed by atoms with Crippen LogP contribution in [0.5, 0.6) is 0 Å². The Labute approximate surface area is 117 Å². The maximum absolute atomic E-state index is 12.3. The van der Waals surface area contributed by atoms with Crippen LogP contribution in [0.15, 0.2) is 0 Å². The largest absolute Gasteiger partial charge is 0.395 e. The molecule has 0 aliphatic carbocycles. The number of hydrogen-bond acceptors (Lipinski definition) is 3. The normalized spacial score (nSPS) is 19.7. The molecule has 0 saturated carbocycles. The van der Waals surface area contributed by atoms with Crippen LogP contribution in [-0.4, -0.2) is 48.2 Å². The fourth-order valence-corrected chi connectivity index (χ4v) is 2.99. The van der Waals surface area contributed by atoms with E-state index in [0.29, 0.717) is 18.9 Å². The second-order valence-corrected chi connectivity index (χ2v) is 5.53. The van der Waals surface area contributed by atoms with E-state index in [9.17, 15) is 4.79 Å². The van der Waals surface area contributed by atoms with E-state index in [4.69, 9.17) is 5.11 Å². The smallest absolute Gasteiger partial charge is 0.222 e. The van der Waals surface area contributed by atoms with E-state index in [1.165, 1.54) is 12.8 Å². The number of carbonyl (C=O) groups is 1. The molecule has 4 heteroatoms. The van der Waals surface area contributed by atoms with Gasteiger partial charge in [-0.15, -0.1) is 0 Å². The standard InChI is InChI=1S/C15H30N2O2/c1-3-14(4-2)17(10-11-18)15(19)8-7-13-6-5-9-16-12-13/h13-14,16,18H,3-12H2,1-2H3. The topological polar surface area (TPSA) is 52.6 Å². The summed E-state index contributed by atoms with van der Waals surface area (Å²) >= 11 is 0. The summed E-state index contributed by atoms with van der Waals surface area (Å²) in [6.07, 6.45) is 6.01. The first-order valence-corrected chi connectivity index (χ1v) is 7.83. The number of aliphatic hydroxyl groups excluding tert-OH is 1. The molecule has 1 aliphatic heterocycles. The second kappa shape index (κ2) is 9.32. The van der Waals surface area contributed by atoms with Crippen LogP contribution in [0.25, 0.3) is 0 Å². The van der Waals surface area contributed by atoms with Crippen LogP contribution in [0.2, 0.25) is 0 Å². The summed E-state index contributed by atoms with van der Waals surface area (Å²) in [6, 6.07) is 0.282. The highest BCUT2D eigenvalue weighted by molar-refractivity contribution is 5.76. The summed E-state index contributed by atoms with van der Waals surface area (Å²) in [5.41, 5.74) is 0. The third-order valence-electron chi connectivity index (χ3n) is 4.21. The number of amides is 1. The number of nitrogens with zero attached hydrogens (tertiary/aromatic N) is 1. The highest BCUT2D eigenvalue weighted by Crippen LogP contribution is 2.18. The minimum Gasteiger partial charge on any atom is -0.395 e. The van der Waals surface area contributed by atoms with Crippen molar-refractivity contribution in [3.63, 3.8) is 0 Å². The lowest BCUT2D eigenvalue weighted by molar-refractivity contribution is -0.134. The molecule has 4 nitrogen and oxygen atoms in total. The van der Waals surface area contributed by atoms with Gasteiger partial charge < -0.3 is 15.3 Å². The molecule has 0 bridgehead atoms. The Bertz CT molecular complexity index is 249. The third kappa shape index (κ3) is 5.49. The zero-order valence-electron chi connectivity index (χ0n) is 12.5.